The summed E-state index contributed by atoms with van der Waals surface area (Å²) in [5.74, 6) is 0.221. The highest BCUT2D eigenvalue weighted by atomic mass is 32.1. The first-order valence-electron chi connectivity index (χ1n) is 7.65. The molecule has 0 atom stereocenters. The second kappa shape index (κ2) is 6.73. The van der Waals surface area contributed by atoms with Gasteiger partial charge in [-0.25, -0.2) is 4.98 Å². The van der Waals surface area contributed by atoms with Crippen LogP contribution in [-0.2, 0) is 11.3 Å². The fourth-order valence-electron chi connectivity index (χ4n) is 2.80. The van der Waals surface area contributed by atoms with E-state index in [9.17, 15) is 4.79 Å². The Kier molecular flexibility index (Phi) is 4.71. The molecule has 1 aromatic carbocycles. The van der Waals surface area contributed by atoms with Crippen molar-refractivity contribution in [3.8, 4) is 0 Å². The van der Waals surface area contributed by atoms with Crippen LogP contribution in [0.3, 0.4) is 0 Å². The summed E-state index contributed by atoms with van der Waals surface area (Å²) in [4.78, 5) is 20.8. The first-order valence-corrected chi connectivity index (χ1v) is 8.46. The second-order valence-corrected chi connectivity index (χ2v) is 7.07. The number of amides is 1. The molecule has 1 aliphatic heterocycles. The zero-order chi connectivity index (χ0) is 15.5. The number of rotatable bonds is 4. The number of thiazole rings is 1. The van der Waals surface area contributed by atoms with E-state index in [4.69, 9.17) is 0 Å². The van der Waals surface area contributed by atoms with Crippen molar-refractivity contribution in [3.05, 3.63) is 28.8 Å². The molecule has 1 saturated heterocycles. The topological polar surface area (TPSA) is 48.5 Å². The maximum Gasteiger partial charge on any atom is 0.236 e. The Balaban J connectivity index is 1.59. The highest BCUT2D eigenvalue weighted by molar-refractivity contribution is 7.18. The second-order valence-electron chi connectivity index (χ2n) is 5.84. The van der Waals surface area contributed by atoms with Crippen molar-refractivity contribution in [2.45, 2.75) is 13.5 Å². The summed E-state index contributed by atoms with van der Waals surface area (Å²) in [6.07, 6.45) is 0. The van der Waals surface area contributed by atoms with Crippen molar-refractivity contribution in [1.82, 2.24) is 20.1 Å². The number of carbonyl (C=O) groups is 1. The molecule has 2 aromatic rings. The number of nitrogens with zero attached hydrogens (tertiary/aromatic N) is 3. The molecule has 5 nitrogen and oxygen atoms in total. The average molecular weight is 318 g/mol. The minimum Gasteiger partial charge on any atom is -0.339 e. The molecule has 0 aliphatic carbocycles. The number of aryl methyl sites for hydroxylation is 1. The van der Waals surface area contributed by atoms with E-state index in [1.54, 1.807) is 11.3 Å². The van der Waals surface area contributed by atoms with Crippen LogP contribution in [0.5, 0.6) is 0 Å². The van der Waals surface area contributed by atoms with E-state index in [2.05, 4.69) is 33.4 Å². The zero-order valence-corrected chi connectivity index (χ0v) is 13.9. The molecule has 1 aromatic heterocycles. The van der Waals surface area contributed by atoms with Gasteiger partial charge in [-0.05, 0) is 31.7 Å². The third-order valence-electron chi connectivity index (χ3n) is 3.89. The van der Waals surface area contributed by atoms with Gasteiger partial charge in [0.25, 0.3) is 0 Å². The summed E-state index contributed by atoms with van der Waals surface area (Å²) in [7, 11) is 2.00. The molecule has 22 heavy (non-hydrogen) atoms. The Labute approximate surface area is 134 Å². The van der Waals surface area contributed by atoms with E-state index in [-0.39, 0.29) is 5.91 Å². The minimum absolute atomic E-state index is 0.221. The molecule has 1 aliphatic rings. The number of hydrogen-bond acceptors (Lipinski definition) is 5. The molecule has 1 amide bonds. The molecule has 6 heteroatoms. The average Bonchev–Trinajstić information content (AvgIpc) is 2.87. The summed E-state index contributed by atoms with van der Waals surface area (Å²) in [6.45, 7) is 6.72. The molecule has 1 N–H and O–H groups in total. The summed E-state index contributed by atoms with van der Waals surface area (Å²) in [5.41, 5.74) is 2.29. The first kappa shape index (κ1) is 15.4. The normalized spacial score (nSPS) is 15.7. The molecule has 2 heterocycles. The van der Waals surface area contributed by atoms with Gasteiger partial charge >= 0.3 is 0 Å². The predicted molar refractivity (Wildman–Crippen MR) is 90.1 cm³/mol. The fourth-order valence-corrected chi connectivity index (χ4v) is 3.69. The van der Waals surface area contributed by atoms with Crippen LogP contribution in [0.2, 0.25) is 0 Å². The Morgan fingerprint density at radius 1 is 1.41 bits per heavy atom. The minimum atomic E-state index is 0.221. The highest BCUT2D eigenvalue weighted by Gasteiger charge is 2.17. The van der Waals surface area contributed by atoms with Crippen LogP contribution in [0.1, 0.15) is 10.6 Å². The van der Waals surface area contributed by atoms with Gasteiger partial charge in [0, 0.05) is 32.7 Å². The van der Waals surface area contributed by atoms with Gasteiger partial charge in [0.1, 0.15) is 0 Å². The Hall–Kier alpha value is -1.50. The number of hydrogen-bond donors (Lipinski definition) is 1. The lowest BCUT2D eigenvalue weighted by Gasteiger charge is -2.29. The van der Waals surface area contributed by atoms with Crippen molar-refractivity contribution in [2.75, 3.05) is 39.8 Å². The van der Waals surface area contributed by atoms with Gasteiger partial charge in [0.15, 0.2) is 0 Å². The van der Waals surface area contributed by atoms with E-state index >= 15 is 0 Å². The molecule has 118 valence electrons. The molecule has 0 spiro atoms. The van der Waals surface area contributed by atoms with Crippen molar-refractivity contribution in [3.63, 3.8) is 0 Å². The van der Waals surface area contributed by atoms with Crippen LogP contribution in [0.4, 0.5) is 0 Å². The van der Waals surface area contributed by atoms with Crippen LogP contribution < -0.4 is 5.32 Å². The fraction of sp³-hybridized carbons (Fsp3) is 0.500. The molecule has 0 unspecified atom stereocenters. The van der Waals surface area contributed by atoms with Gasteiger partial charge in [-0.1, -0.05) is 6.07 Å². The van der Waals surface area contributed by atoms with Gasteiger partial charge in [0.2, 0.25) is 5.91 Å². The summed E-state index contributed by atoms with van der Waals surface area (Å²) in [6, 6.07) is 6.36. The number of benzene rings is 1. The largest absolute Gasteiger partial charge is 0.339 e. The van der Waals surface area contributed by atoms with Crippen molar-refractivity contribution in [2.24, 2.45) is 0 Å². The number of carbonyl (C=O) groups excluding carboxylic acids is 1. The molecule has 3 rings (SSSR count). The summed E-state index contributed by atoms with van der Waals surface area (Å²) in [5, 5.41) is 4.36. The molecule has 1 fully saturated rings. The SMILES string of the molecule is Cc1nc2ccc(CN(C)CC(=O)N3CCNCC3)cc2s1. The zero-order valence-electron chi connectivity index (χ0n) is 13.1. The molecular formula is C16H22N4OS. The van der Waals surface area contributed by atoms with Crippen molar-refractivity contribution < 1.29 is 4.79 Å². The Morgan fingerprint density at radius 2 is 2.18 bits per heavy atom. The lowest BCUT2D eigenvalue weighted by molar-refractivity contribution is -0.132. The van der Waals surface area contributed by atoms with Crippen LogP contribution >= 0.6 is 11.3 Å². The van der Waals surface area contributed by atoms with Gasteiger partial charge in [0.05, 0.1) is 21.8 Å². The molecular weight excluding hydrogens is 296 g/mol. The van der Waals surface area contributed by atoms with Crippen LogP contribution in [0.15, 0.2) is 18.2 Å². The van der Waals surface area contributed by atoms with E-state index < -0.39 is 0 Å². The number of piperazine rings is 1. The number of nitrogens with one attached hydrogen (secondary N) is 1. The van der Waals surface area contributed by atoms with Gasteiger partial charge < -0.3 is 10.2 Å². The van der Waals surface area contributed by atoms with Crippen molar-refractivity contribution in [1.29, 1.82) is 0 Å². The smallest absolute Gasteiger partial charge is 0.236 e. The quantitative estimate of drug-likeness (QED) is 0.927. The summed E-state index contributed by atoms with van der Waals surface area (Å²) >= 11 is 1.72. The predicted octanol–water partition coefficient (Wildman–Crippen LogP) is 1.47. The van der Waals surface area contributed by atoms with E-state index in [1.165, 1.54) is 10.3 Å². The van der Waals surface area contributed by atoms with Crippen LogP contribution in [0, 0.1) is 6.92 Å². The van der Waals surface area contributed by atoms with Gasteiger partial charge in [-0.3, -0.25) is 9.69 Å². The maximum atomic E-state index is 12.3. The van der Waals surface area contributed by atoms with E-state index in [1.807, 2.05) is 18.9 Å². The maximum absolute atomic E-state index is 12.3. The third kappa shape index (κ3) is 3.63. The molecule has 0 saturated carbocycles. The Bertz CT molecular complexity index is 663. The lowest BCUT2D eigenvalue weighted by atomic mass is 10.2. The monoisotopic (exact) mass is 318 g/mol. The third-order valence-corrected chi connectivity index (χ3v) is 4.82. The van der Waals surface area contributed by atoms with Gasteiger partial charge in [-0.15, -0.1) is 11.3 Å². The van der Waals surface area contributed by atoms with Gasteiger partial charge in [-0.2, -0.15) is 0 Å². The number of aromatic nitrogens is 1. The van der Waals surface area contributed by atoms with Crippen LogP contribution in [0.25, 0.3) is 10.2 Å². The van der Waals surface area contributed by atoms with Crippen molar-refractivity contribution >= 4 is 27.5 Å². The van der Waals surface area contributed by atoms with E-state index in [0.29, 0.717) is 6.54 Å². The number of likely N-dealkylation sites (N-methyl/N-ethyl adjacent to an activating group) is 1. The standard InChI is InChI=1S/C16H22N4OS/c1-12-18-14-4-3-13(9-15(14)22-12)10-19(2)11-16(21)20-7-5-17-6-8-20/h3-4,9,17H,5-8,10-11H2,1-2H3. The van der Waals surface area contributed by atoms with Crippen LogP contribution in [-0.4, -0.2) is 60.5 Å². The first-order chi connectivity index (χ1) is 10.6. The Morgan fingerprint density at radius 3 is 2.95 bits per heavy atom. The summed E-state index contributed by atoms with van der Waals surface area (Å²) < 4.78 is 1.22. The molecule has 0 radical (unpaired) electrons. The van der Waals surface area contributed by atoms with E-state index in [0.717, 1.165) is 43.2 Å². The lowest BCUT2D eigenvalue weighted by Crippen LogP contribution is -2.49. The molecule has 0 bridgehead atoms. The highest BCUT2D eigenvalue weighted by Crippen LogP contribution is 2.23. The number of fused-ring (bicyclic) bond motifs is 1.